The molecule has 0 atom stereocenters. The summed E-state index contributed by atoms with van der Waals surface area (Å²) in [4.78, 5) is 25.2. The second-order valence-corrected chi connectivity index (χ2v) is 6.86. The number of halogens is 3. The molecule has 11 heteroatoms. The molecule has 0 saturated heterocycles. The van der Waals surface area contributed by atoms with Crippen molar-refractivity contribution in [3.63, 3.8) is 0 Å². The smallest absolute Gasteiger partial charge is 0.406 e. The van der Waals surface area contributed by atoms with Crippen LogP contribution in [0.2, 0.25) is 0 Å². The molecule has 0 aliphatic carbocycles. The molecule has 2 aromatic carbocycles. The first kappa shape index (κ1) is 21.8. The largest absolute Gasteiger partial charge is 0.573 e. The van der Waals surface area contributed by atoms with Crippen LogP contribution >= 0.6 is 0 Å². The summed E-state index contributed by atoms with van der Waals surface area (Å²) in [6, 6.07) is 13.4. The number of carbonyl (C=O) groups excluding carboxylic acids is 1. The van der Waals surface area contributed by atoms with E-state index in [1.807, 2.05) is 0 Å². The van der Waals surface area contributed by atoms with Gasteiger partial charge in [-0.2, -0.15) is 0 Å². The molecular formula is C22H17F3N6O2. The standard InChI is InChI=1S/C22H17F3N6O2/c1-14-27-19(12-20(28-14)31-10-9-26-13-31)29-16-5-7-17(8-6-16)30-21(32)15-3-2-4-18(11-15)33-22(23,24)25/h2-13H,1H3,(H,30,32)(H,27,28,29). The zero-order valence-electron chi connectivity index (χ0n) is 17.2. The van der Waals surface area contributed by atoms with Crippen molar-refractivity contribution in [1.82, 2.24) is 19.5 Å². The number of benzene rings is 2. The minimum atomic E-state index is -4.83. The van der Waals surface area contributed by atoms with Crippen molar-refractivity contribution in [2.75, 3.05) is 10.6 Å². The molecule has 0 spiro atoms. The van der Waals surface area contributed by atoms with Crippen LogP contribution in [0.4, 0.5) is 30.4 Å². The van der Waals surface area contributed by atoms with Crippen LogP contribution in [0.1, 0.15) is 16.2 Å². The van der Waals surface area contributed by atoms with Crippen LogP contribution < -0.4 is 15.4 Å². The number of carbonyl (C=O) groups is 1. The van der Waals surface area contributed by atoms with E-state index >= 15 is 0 Å². The molecule has 0 saturated carbocycles. The van der Waals surface area contributed by atoms with Gasteiger partial charge >= 0.3 is 6.36 Å². The SMILES string of the molecule is Cc1nc(Nc2ccc(NC(=O)c3cccc(OC(F)(F)F)c3)cc2)cc(-n2ccnc2)n1. The van der Waals surface area contributed by atoms with Gasteiger partial charge in [0, 0.05) is 35.4 Å². The summed E-state index contributed by atoms with van der Waals surface area (Å²) in [6.07, 6.45) is 0.221. The van der Waals surface area contributed by atoms with Gasteiger partial charge in [0.2, 0.25) is 0 Å². The number of anilines is 3. The average molecular weight is 454 g/mol. The maximum absolute atomic E-state index is 12.4. The van der Waals surface area contributed by atoms with E-state index in [2.05, 4.69) is 30.3 Å². The monoisotopic (exact) mass is 454 g/mol. The van der Waals surface area contributed by atoms with Crippen molar-refractivity contribution in [3.05, 3.63) is 84.7 Å². The Morgan fingerprint density at radius 3 is 2.48 bits per heavy atom. The number of imidazole rings is 1. The van der Waals surface area contributed by atoms with Crippen LogP contribution in [0.15, 0.2) is 73.3 Å². The van der Waals surface area contributed by atoms with E-state index in [1.165, 1.54) is 12.1 Å². The zero-order chi connectivity index (χ0) is 23.4. The number of aromatic nitrogens is 4. The summed E-state index contributed by atoms with van der Waals surface area (Å²) in [7, 11) is 0. The fourth-order valence-electron chi connectivity index (χ4n) is 2.97. The van der Waals surface area contributed by atoms with Crippen LogP contribution in [-0.4, -0.2) is 31.8 Å². The number of nitrogens with one attached hydrogen (secondary N) is 2. The minimum absolute atomic E-state index is 0.0300. The lowest BCUT2D eigenvalue weighted by molar-refractivity contribution is -0.274. The zero-order valence-corrected chi connectivity index (χ0v) is 17.2. The van der Waals surface area contributed by atoms with Crippen molar-refractivity contribution in [1.29, 1.82) is 0 Å². The Bertz CT molecular complexity index is 1260. The second-order valence-electron chi connectivity index (χ2n) is 6.86. The van der Waals surface area contributed by atoms with E-state index in [0.717, 1.165) is 12.1 Å². The molecule has 0 unspecified atom stereocenters. The maximum atomic E-state index is 12.4. The van der Waals surface area contributed by atoms with Gasteiger partial charge in [-0.3, -0.25) is 9.36 Å². The highest BCUT2D eigenvalue weighted by Crippen LogP contribution is 2.24. The molecular weight excluding hydrogens is 437 g/mol. The third kappa shape index (κ3) is 5.85. The Morgan fingerprint density at radius 1 is 1.03 bits per heavy atom. The highest BCUT2D eigenvalue weighted by Gasteiger charge is 2.31. The van der Waals surface area contributed by atoms with Gasteiger partial charge in [-0.1, -0.05) is 6.07 Å². The molecule has 0 bridgehead atoms. The van der Waals surface area contributed by atoms with Gasteiger partial charge in [-0.05, 0) is 49.4 Å². The predicted molar refractivity (Wildman–Crippen MR) is 115 cm³/mol. The Balaban J connectivity index is 1.43. The molecule has 1 amide bonds. The van der Waals surface area contributed by atoms with E-state index < -0.39 is 18.0 Å². The summed E-state index contributed by atoms with van der Waals surface area (Å²) >= 11 is 0. The van der Waals surface area contributed by atoms with Gasteiger partial charge < -0.3 is 15.4 Å². The summed E-state index contributed by atoms with van der Waals surface area (Å²) in [6.45, 7) is 1.78. The van der Waals surface area contributed by atoms with Gasteiger partial charge in [-0.15, -0.1) is 13.2 Å². The first-order valence-electron chi connectivity index (χ1n) is 9.63. The molecule has 2 aromatic heterocycles. The van der Waals surface area contributed by atoms with Gasteiger partial charge in [0.25, 0.3) is 5.91 Å². The van der Waals surface area contributed by atoms with Gasteiger partial charge in [0.15, 0.2) is 0 Å². The predicted octanol–water partition coefficient (Wildman–Crippen LogP) is 4.87. The minimum Gasteiger partial charge on any atom is -0.406 e. The number of hydrogen-bond donors (Lipinski definition) is 2. The number of ether oxygens (including phenoxy) is 1. The third-order valence-electron chi connectivity index (χ3n) is 4.34. The molecule has 33 heavy (non-hydrogen) atoms. The fraction of sp³-hybridized carbons (Fsp3) is 0.0909. The average Bonchev–Trinajstić information content (AvgIpc) is 3.29. The van der Waals surface area contributed by atoms with Crippen molar-refractivity contribution in [2.24, 2.45) is 0 Å². The second kappa shape index (κ2) is 8.99. The van der Waals surface area contributed by atoms with E-state index in [1.54, 1.807) is 60.5 Å². The summed E-state index contributed by atoms with van der Waals surface area (Å²) < 4.78 is 42.8. The van der Waals surface area contributed by atoms with Crippen LogP contribution in [0.5, 0.6) is 5.75 Å². The molecule has 4 aromatic rings. The van der Waals surface area contributed by atoms with Crippen molar-refractivity contribution in [3.8, 4) is 11.6 Å². The van der Waals surface area contributed by atoms with Crippen LogP contribution in [0, 0.1) is 6.92 Å². The van der Waals surface area contributed by atoms with Gasteiger partial charge in [0.1, 0.15) is 29.5 Å². The number of aryl methyl sites for hydroxylation is 1. The quantitative estimate of drug-likeness (QED) is 0.432. The Labute approximate surface area is 186 Å². The van der Waals surface area contributed by atoms with Crippen molar-refractivity contribution < 1.29 is 22.7 Å². The molecule has 2 N–H and O–H groups in total. The molecule has 4 rings (SSSR count). The highest BCUT2D eigenvalue weighted by atomic mass is 19.4. The number of alkyl halides is 3. The van der Waals surface area contributed by atoms with E-state index in [9.17, 15) is 18.0 Å². The Hall–Kier alpha value is -4.41. The summed E-state index contributed by atoms with van der Waals surface area (Å²) in [5.74, 6) is 0.765. The Kier molecular flexibility index (Phi) is 5.94. The van der Waals surface area contributed by atoms with E-state index in [-0.39, 0.29) is 5.56 Å². The van der Waals surface area contributed by atoms with Crippen LogP contribution in [0.3, 0.4) is 0 Å². The first-order valence-corrected chi connectivity index (χ1v) is 9.63. The number of nitrogens with zero attached hydrogens (tertiary/aromatic N) is 4. The van der Waals surface area contributed by atoms with Crippen molar-refractivity contribution >= 4 is 23.1 Å². The topological polar surface area (TPSA) is 94.0 Å². The summed E-state index contributed by atoms with van der Waals surface area (Å²) in [5.41, 5.74) is 1.20. The van der Waals surface area contributed by atoms with Crippen LogP contribution in [0.25, 0.3) is 5.82 Å². The molecule has 0 radical (unpaired) electrons. The molecule has 0 aliphatic rings. The lowest BCUT2D eigenvalue weighted by Gasteiger charge is -2.11. The molecule has 2 heterocycles. The van der Waals surface area contributed by atoms with Crippen molar-refractivity contribution in [2.45, 2.75) is 13.3 Å². The van der Waals surface area contributed by atoms with E-state index in [4.69, 9.17) is 0 Å². The normalized spacial score (nSPS) is 11.2. The fourth-order valence-corrected chi connectivity index (χ4v) is 2.97. The summed E-state index contributed by atoms with van der Waals surface area (Å²) in [5, 5.41) is 5.80. The van der Waals surface area contributed by atoms with E-state index in [0.29, 0.717) is 28.8 Å². The lowest BCUT2D eigenvalue weighted by Crippen LogP contribution is -2.18. The Morgan fingerprint density at radius 2 is 1.79 bits per heavy atom. The molecule has 8 nitrogen and oxygen atoms in total. The number of rotatable bonds is 6. The lowest BCUT2D eigenvalue weighted by atomic mass is 10.2. The number of hydrogen-bond acceptors (Lipinski definition) is 6. The highest BCUT2D eigenvalue weighted by molar-refractivity contribution is 6.04. The number of amides is 1. The molecule has 168 valence electrons. The maximum Gasteiger partial charge on any atom is 0.573 e. The molecule has 0 fully saturated rings. The third-order valence-corrected chi connectivity index (χ3v) is 4.34. The first-order chi connectivity index (χ1) is 15.7. The van der Waals surface area contributed by atoms with Gasteiger partial charge in [-0.25, -0.2) is 15.0 Å². The van der Waals surface area contributed by atoms with Gasteiger partial charge in [0.05, 0.1) is 0 Å². The van der Waals surface area contributed by atoms with Crippen LogP contribution in [-0.2, 0) is 0 Å². The molecule has 0 aliphatic heterocycles.